The highest BCUT2D eigenvalue weighted by Crippen LogP contribution is 2.23. The number of nitrogens with zero attached hydrogens (tertiary/aromatic N) is 1. The van der Waals surface area contributed by atoms with Crippen molar-refractivity contribution in [2.45, 2.75) is 51.2 Å². The van der Waals surface area contributed by atoms with Crippen molar-refractivity contribution in [1.82, 2.24) is 4.90 Å². The second kappa shape index (κ2) is 4.30. The highest BCUT2D eigenvalue weighted by atomic mass is 16.5. The molecule has 3 nitrogen and oxygen atoms in total. The van der Waals surface area contributed by atoms with Crippen LogP contribution in [0, 0.1) is 5.41 Å². The van der Waals surface area contributed by atoms with Crippen LogP contribution < -0.4 is 0 Å². The summed E-state index contributed by atoms with van der Waals surface area (Å²) >= 11 is 0. The molecular formula is C11H20N2O. The zero-order valence-electron chi connectivity index (χ0n) is 8.96. The number of hydrogen-bond donors (Lipinski definition) is 1. The third-order valence-electron chi connectivity index (χ3n) is 3.31. The first-order valence-electron chi connectivity index (χ1n) is 5.73. The molecule has 0 aromatic heterocycles. The third kappa shape index (κ3) is 2.08. The van der Waals surface area contributed by atoms with Crippen LogP contribution in [-0.2, 0) is 4.74 Å². The molecule has 0 saturated carbocycles. The Morgan fingerprint density at radius 1 is 1.43 bits per heavy atom. The molecule has 0 spiro atoms. The molecule has 3 heteroatoms. The van der Waals surface area contributed by atoms with Gasteiger partial charge in [-0.1, -0.05) is 0 Å². The fourth-order valence-electron chi connectivity index (χ4n) is 2.51. The van der Waals surface area contributed by atoms with Crippen molar-refractivity contribution in [1.29, 1.82) is 5.41 Å². The van der Waals surface area contributed by atoms with Gasteiger partial charge >= 0.3 is 0 Å². The minimum atomic E-state index is 0.378. The molecule has 2 fully saturated rings. The van der Waals surface area contributed by atoms with Gasteiger partial charge < -0.3 is 9.64 Å². The molecule has 0 aromatic rings. The van der Waals surface area contributed by atoms with E-state index < -0.39 is 0 Å². The van der Waals surface area contributed by atoms with Crippen LogP contribution in [0.2, 0.25) is 0 Å². The Kier molecular flexibility index (Phi) is 3.06. The van der Waals surface area contributed by atoms with Crippen molar-refractivity contribution in [3.8, 4) is 0 Å². The summed E-state index contributed by atoms with van der Waals surface area (Å²) in [6.45, 7) is 4.10. The van der Waals surface area contributed by atoms with Gasteiger partial charge in [-0.3, -0.25) is 5.41 Å². The average Bonchev–Trinajstić information content (AvgIpc) is 2.18. The topological polar surface area (TPSA) is 36.3 Å². The van der Waals surface area contributed by atoms with Crippen LogP contribution in [0.4, 0.5) is 0 Å². The summed E-state index contributed by atoms with van der Waals surface area (Å²) in [5.41, 5.74) is 0. The predicted octanol–water partition coefficient (Wildman–Crippen LogP) is 2.02. The van der Waals surface area contributed by atoms with Crippen molar-refractivity contribution >= 4 is 5.84 Å². The summed E-state index contributed by atoms with van der Waals surface area (Å²) in [5, 5.41) is 7.93. The van der Waals surface area contributed by atoms with E-state index in [1.807, 2.05) is 0 Å². The molecule has 2 unspecified atom stereocenters. The predicted molar refractivity (Wildman–Crippen MR) is 56.7 cm³/mol. The van der Waals surface area contributed by atoms with Crippen LogP contribution in [-0.4, -0.2) is 36.0 Å². The van der Waals surface area contributed by atoms with Gasteiger partial charge in [-0.05, 0) is 32.6 Å². The fraction of sp³-hybridized carbons (Fsp3) is 0.909. The Labute approximate surface area is 85.9 Å². The SMILES string of the molecule is CC1CC(N2CCCCC2=N)CCO1. The van der Waals surface area contributed by atoms with Gasteiger partial charge in [0.25, 0.3) is 0 Å². The molecule has 2 heterocycles. The first-order valence-corrected chi connectivity index (χ1v) is 5.73. The standard InChI is InChI=1S/C11H20N2O/c1-9-8-10(5-7-14-9)13-6-3-2-4-11(13)12/h9-10,12H,2-8H2,1H3. The van der Waals surface area contributed by atoms with E-state index in [0.717, 1.165) is 38.2 Å². The van der Waals surface area contributed by atoms with Gasteiger partial charge in [0.1, 0.15) is 0 Å². The van der Waals surface area contributed by atoms with Crippen LogP contribution in [0.5, 0.6) is 0 Å². The van der Waals surface area contributed by atoms with E-state index in [1.165, 1.54) is 12.8 Å². The summed E-state index contributed by atoms with van der Waals surface area (Å²) in [6.07, 6.45) is 6.02. The third-order valence-corrected chi connectivity index (χ3v) is 3.31. The normalized spacial score (nSPS) is 34.6. The van der Waals surface area contributed by atoms with E-state index >= 15 is 0 Å². The average molecular weight is 196 g/mol. The molecule has 0 radical (unpaired) electrons. The molecule has 1 N–H and O–H groups in total. The van der Waals surface area contributed by atoms with Crippen molar-refractivity contribution in [3.63, 3.8) is 0 Å². The summed E-state index contributed by atoms with van der Waals surface area (Å²) in [4.78, 5) is 2.31. The number of likely N-dealkylation sites (tertiary alicyclic amines) is 1. The lowest BCUT2D eigenvalue weighted by Gasteiger charge is -2.40. The van der Waals surface area contributed by atoms with Gasteiger partial charge in [0.05, 0.1) is 11.9 Å². The molecule has 2 rings (SSSR count). The molecule has 2 aliphatic rings. The number of amidine groups is 1. The molecule has 0 bridgehead atoms. The maximum absolute atomic E-state index is 7.93. The van der Waals surface area contributed by atoms with Gasteiger partial charge in [-0.2, -0.15) is 0 Å². The summed E-state index contributed by atoms with van der Waals surface area (Å²) in [6, 6.07) is 0.576. The van der Waals surface area contributed by atoms with Crippen molar-refractivity contribution < 1.29 is 4.74 Å². The van der Waals surface area contributed by atoms with Crippen LogP contribution in [0.25, 0.3) is 0 Å². The van der Waals surface area contributed by atoms with Crippen molar-refractivity contribution in [2.24, 2.45) is 0 Å². The number of rotatable bonds is 1. The smallest absolute Gasteiger partial charge is 0.0960 e. The van der Waals surface area contributed by atoms with Crippen molar-refractivity contribution in [3.05, 3.63) is 0 Å². The first-order chi connectivity index (χ1) is 6.77. The van der Waals surface area contributed by atoms with Crippen LogP contribution >= 0.6 is 0 Å². The maximum Gasteiger partial charge on any atom is 0.0960 e. The second-order valence-electron chi connectivity index (χ2n) is 4.46. The van der Waals surface area contributed by atoms with Gasteiger partial charge in [-0.25, -0.2) is 0 Å². The Balaban J connectivity index is 1.94. The Hall–Kier alpha value is -0.570. The molecule has 2 aliphatic heterocycles. The first kappa shape index (κ1) is 9.97. The monoisotopic (exact) mass is 196 g/mol. The Bertz CT molecular complexity index is 217. The highest BCUT2D eigenvalue weighted by Gasteiger charge is 2.27. The van der Waals surface area contributed by atoms with Crippen LogP contribution in [0.1, 0.15) is 39.0 Å². The summed E-state index contributed by atoms with van der Waals surface area (Å²) < 4.78 is 5.54. The van der Waals surface area contributed by atoms with Crippen molar-refractivity contribution in [2.75, 3.05) is 13.2 Å². The lowest BCUT2D eigenvalue weighted by molar-refractivity contribution is -0.00504. The van der Waals surface area contributed by atoms with E-state index in [1.54, 1.807) is 0 Å². The zero-order valence-corrected chi connectivity index (χ0v) is 8.96. The lowest BCUT2D eigenvalue weighted by atomic mass is 9.99. The molecule has 2 saturated heterocycles. The summed E-state index contributed by atoms with van der Waals surface area (Å²) in [7, 11) is 0. The van der Waals surface area contributed by atoms with E-state index in [2.05, 4.69) is 11.8 Å². The van der Waals surface area contributed by atoms with E-state index in [-0.39, 0.29) is 0 Å². The molecule has 0 amide bonds. The second-order valence-corrected chi connectivity index (χ2v) is 4.46. The number of nitrogens with one attached hydrogen (secondary N) is 1. The lowest BCUT2D eigenvalue weighted by Crippen LogP contribution is -2.46. The Morgan fingerprint density at radius 2 is 2.29 bits per heavy atom. The largest absolute Gasteiger partial charge is 0.378 e. The molecule has 14 heavy (non-hydrogen) atoms. The quantitative estimate of drug-likeness (QED) is 0.696. The van der Waals surface area contributed by atoms with Crippen LogP contribution in [0.15, 0.2) is 0 Å². The molecule has 80 valence electrons. The highest BCUT2D eigenvalue weighted by molar-refractivity contribution is 5.80. The number of hydrogen-bond acceptors (Lipinski definition) is 2. The van der Waals surface area contributed by atoms with Gasteiger partial charge in [-0.15, -0.1) is 0 Å². The number of ether oxygens (including phenoxy) is 1. The van der Waals surface area contributed by atoms with E-state index in [9.17, 15) is 0 Å². The van der Waals surface area contributed by atoms with E-state index in [0.29, 0.717) is 12.1 Å². The summed E-state index contributed by atoms with van der Waals surface area (Å²) in [5.74, 6) is 0.857. The molecule has 2 atom stereocenters. The van der Waals surface area contributed by atoms with Gasteiger partial charge in [0.15, 0.2) is 0 Å². The molecule has 0 aliphatic carbocycles. The van der Waals surface area contributed by atoms with Crippen LogP contribution in [0.3, 0.4) is 0 Å². The zero-order chi connectivity index (χ0) is 9.97. The minimum Gasteiger partial charge on any atom is -0.378 e. The fourth-order valence-corrected chi connectivity index (χ4v) is 2.51. The molecule has 0 aromatic carbocycles. The molecular weight excluding hydrogens is 176 g/mol. The van der Waals surface area contributed by atoms with E-state index in [4.69, 9.17) is 10.1 Å². The van der Waals surface area contributed by atoms with Gasteiger partial charge in [0.2, 0.25) is 0 Å². The Morgan fingerprint density at radius 3 is 3.00 bits per heavy atom. The number of piperidine rings is 1. The van der Waals surface area contributed by atoms with Gasteiger partial charge in [0, 0.05) is 25.6 Å². The minimum absolute atomic E-state index is 0.378. The maximum atomic E-state index is 7.93.